The normalized spacial score (nSPS) is 22.5. The third kappa shape index (κ3) is 6.19. The number of amides is 1. The molecule has 3 aliphatic rings. The number of fused-ring (bicyclic) bond motifs is 1. The third-order valence-corrected chi connectivity index (χ3v) is 7.65. The summed E-state index contributed by atoms with van der Waals surface area (Å²) in [5.74, 6) is 1.65. The molecule has 1 aliphatic heterocycles. The minimum Gasteiger partial charge on any atom is -0.491 e. The van der Waals surface area contributed by atoms with Gasteiger partial charge >= 0.3 is 0 Å². The van der Waals surface area contributed by atoms with Gasteiger partial charge in [-0.3, -0.25) is 4.79 Å². The van der Waals surface area contributed by atoms with Crippen molar-refractivity contribution in [2.45, 2.75) is 76.5 Å². The molecule has 0 aromatic heterocycles. The van der Waals surface area contributed by atoms with E-state index in [1.807, 2.05) is 24.3 Å². The molecule has 2 fully saturated rings. The minimum atomic E-state index is -0.00754. The summed E-state index contributed by atoms with van der Waals surface area (Å²) in [5.41, 5.74) is 4.87. The monoisotopic (exact) mass is 462 g/mol. The maximum Gasteiger partial charge on any atom is 0.251 e. The molecule has 2 aromatic rings. The lowest BCUT2D eigenvalue weighted by atomic mass is 9.87. The van der Waals surface area contributed by atoms with Crippen LogP contribution >= 0.6 is 0 Å². The Morgan fingerprint density at radius 3 is 2.62 bits per heavy atom. The highest BCUT2D eigenvalue weighted by molar-refractivity contribution is 5.94. The maximum atomic E-state index is 12.8. The first-order valence-corrected chi connectivity index (χ1v) is 13.2. The first-order valence-electron chi connectivity index (χ1n) is 13.2. The number of nitrogens with one attached hydrogen (secondary N) is 2. The number of aryl methyl sites for hydroxylation is 1. The fourth-order valence-corrected chi connectivity index (χ4v) is 5.61. The topological polar surface area (TPSA) is 59.6 Å². The van der Waals surface area contributed by atoms with Gasteiger partial charge in [-0.15, -0.1) is 0 Å². The lowest BCUT2D eigenvalue weighted by molar-refractivity contribution is 0.0679. The highest BCUT2D eigenvalue weighted by atomic mass is 16.5. The summed E-state index contributed by atoms with van der Waals surface area (Å²) in [4.78, 5) is 12.8. The molecule has 5 nitrogen and oxygen atoms in total. The predicted octanol–water partition coefficient (Wildman–Crippen LogP) is 4.81. The fraction of sp³-hybridized carbons (Fsp3) is 0.552. The van der Waals surface area contributed by atoms with Crippen LogP contribution in [0.1, 0.15) is 72.0 Å². The molecule has 0 spiro atoms. The van der Waals surface area contributed by atoms with Crippen LogP contribution in [-0.4, -0.2) is 37.8 Å². The number of ether oxygens (including phenoxy) is 2. The summed E-state index contributed by atoms with van der Waals surface area (Å²) < 4.78 is 11.4. The van der Waals surface area contributed by atoms with Crippen molar-refractivity contribution in [1.82, 2.24) is 10.6 Å². The van der Waals surface area contributed by atoms with Gasteiger partial charge in [0, 0.05) is 24.8 Å². The lowest BCUT2D eigenvalue weighted by Gasteiger charge is -2.26. The molecular formula is C29H38N2O3. The van der Waals surface area contributed by atoms with E-state index in [-0.39, 0.29) is 18.1 Å². The van der Waals surface area contributed by atoms with Gasteiger partial charge in [0.1, 0.15) is 12.4 Å². The molecule has 1 saturated carbocycles. The van der Waals surface area contributed by atoms with Crippen molar-refractivity contribution in [3.05, 3.63) is 64.7 Å². The molecule has 1 heterocycles. The molecule has 34 heavy (non-hydrogen) atoms. The van der Waals surface area contributed by atoms with Crippen LogP contribution in [0.5, 0.6) is 5.75 Å². The van der Waals surface area contributed by atoms with Gasteiger partial charge in [-0.1, -0.05) is 31.0 Å². The van der Waals surface area contributed by atoms with E-state index in [0.717, 1.165) is 63.5 Å². The van der Waals surface area contributed by atoms with Crippen LogP contribution in [0, 0.1) is 5.92 Å². The molecule has 5 rings (SSSR count). The summed E-state index contributed by atoms with van der Waals surface area (Å²) in [6.45, 7) is 3.51. The number of carbonyl (C=O) groups is 1. The summed E-state index contributed by atoms with van der Waals surface area (Å²) in [6.07, 6.45) is 10.8. The van der Waals surface area contributed by atoms with Gasteiger partial charge in [0.25, 0.3) is 5.91 Å². The Morgan fingerprint density at radius 2 is 1.82 bits per heavy atom. The molecule has 2 atom stereocenters. The van der Waals surface area contributed by atoms with Crippen LogP contribution in [0.4, 0.5) is 0 Å². The van der Waals surface area contributed by atoms with E-state index in [1.165, 1.54) is 42.4 Å². The highest BCUT2D eigenvalue weighted by Gasteiger charge is 2.22. The summed E-state index contributed by atoms with van der Waals surface area (Å²) in [7, 11) is 0. The second-order valence-electron chi connectivity index (χ2n) is 10.3. The SMILES string of the molecule is O=C(N[C@H]1CCc2cc(CNCC3CCCC3)ccc2C1)c1ccc(OC[C@@H]2CCCO2)cc1. The second kappa shape index (κ2) is 11.4. The molecule has 1 amide bonds. The Balaban J connectivity index is 1.08. The second-order valence-corrected chi connectivity index (χ2v) is 10.3. The zero-order valence-electron chi connectivity index (χ0n) is 20.2. The summed E-state index contributed by atoms with van der Waals surface area (Å²) >= 11 is 0. The van der Waals surface area contributed by atoms with E-state index >= 15 is 0 Å². The first-order chi connectivity index (χ1) is 16.7. The molecule has 0 unspecified atom stereocenters. The van der Waals surface area contributed by atoms with E-state index in [4.69, 9.17) is 9.47 Å². The largest absolute Gasteiger partial charge is 0.491 e. The number of hydrogen-bond donors (Lipinski definition) is 2. The Kier molecular flexibility index (Phi) is 7.82. The average molecular weight is 463 g/mol. The molecule has 1 saturated heterocycles. The van der Waals surface area contributed by atoms with Gasteiger partial charge in [-0.05, 0) is 98.4 Å². The van der Waals surface area contributed by atoms with Crippen molar-refractivity contribution < 1.29 is 14.3 Å². The van der Waals surface area contributed by atoms with E-state index in [0.29, 0.717) is 12.2 Å². The van der Waals surface area contributed by atoms with Gasteiger partial charge in [-0.2, -0.15) is 0 Å². The first kappa shape index (κ1) is 23.4. The van der Waals surface area contributed by atoms with Crippen molar-refractivity contribution in [1.29, 1.82) is 0 Å². The standard InChI is InChI=1S/C29H38N2O3/c32-29(23-10-13-27(14-11-23)34-20-28-6-3-15-33-28)31-26-12-9-24-16-22(7-8-25(24)17-26)19-30-18-21-4-1-2-5-21/h7-8,10-11,13-14,16,21,26,28,30H,1-6,9,12,15,17-20H2,(H,31,32)/t26-,28-/m0/s1. The maximum absolute atomic E-state index is 12.8. The zero-order chi connectivity index (χ0) is 23.2. The van der Waals surface area contributed by atoms with Gasteiger partial charge < -0.3 is 20.1 Å². The molecule has 0 bridgehead atoms. The lowest BCUT2D eigenvalue weighted by Crippen LogP contribution is -2.38. The Morgan fingerprint density at radius 1 is 0.971 bits per heavy atom. The summed E-state index contributed by atoms with van der Waals surface area (Å²) in [6, 6.07) is 14.5. The molecular weight excluding hydrogens is 424 g/mol. The van der Waals surface area contributed by atoms with Crippen LogP contribution in [0.25, 0.3) is 0 Å². The van der Waals surface area contributed by atoms with E-state index < -0.39 is 0 Å². The van der Waals surface area contributed by atoms with Crippen LogP contribution < -0.4 is 15.4 Å². The third-order valence-electron chi connectivity index (χ3n) is 7.65. The van der Waals surface area contributed by atoms with Crippen molar-refractivity contribution in [2.75, 3.05) is 19.8 Å². The quantitative estimate of drug-likeness (QED) is 0.561. The Labute approximate surface area is 203 Å². The Hall–Kier alpha value is -2.37. The molecule has 0 radical (unpaired) electrons. The van der Waals surface area contributed by atoms with E-state index in [1.54, 1.807) is 0 Å². The zero-order valence-corrected chi connectivity index (χ0v) is 20.2. The van der Waals surface area contributed by atoms with Crippen LogP contribution in [0.3, 0.4) is 0 Å². The number of hydrogen-bond acceptors (Lipinski definition) is 4. The average Bonchev–Trinajstić information content (AvgIpc) is 3.58. The van der Waals surface area contributed by atoms with Gasteiger partial charge in [0.05, 0.1) is 6.10 Å². The van der Waals surface area contributed by atoms with Crippen molar-refractivity contribution in [3.8, 4) is 5.75 Å². The van der Waals surface area contributed by atoms with Gasteiger partial charge in [-0.25, -0.2) is 0 Å². The van der Waals surface area contributed by atoms with Crippen LogP contribution in [0.2, 0.25) is 0 Å². The minimum absolute atomic E-state index is 0.00754. The van der Waals surface area contributed by atoms with E-state index in [9.17, 15) is 4.79 Å². The predicted molar refractivity (Wildman–Crippen MR) is 134 cm³/mol. The van der Waals surface area contributed by atoms with Gasteiger partial charge in [0.15, 0.2) is 0 Å². The van der Waals surface area contributed by atoms with E-state index in [2.05, 4.69) is 28.8 Å². The van der Waals surface area contributed by atoms with Gasteiger partial charge in [0.2, 0.25) is 0 Å². The fourth-order valence-electron chi connectivity index (χ4n) is 5.61. The highest BCUT2D eigenvalue weighted by Crippen LogP contribution is 2.25. The van der Waals surface area contributed by atoms with Crippen LogP contribution in [0.15, 0.2) is 42.5 Å². The smallest absolute Gasteiger partial charge is 0.251 e. The number of carbonyl (C=O) groups excluding carboxylic acids is 1. The molecule has 2 aliphatic carbocycles. The molecule has 2 aromatic carbocycles. The molecule has 182 valence electrons. The van der Waals surface area contributed by atoms with Crippen LogP contribution in [-0.2, 0) is 24.1 Å². The molecule has 5 heteroatoms. The summed E-state index contributed by atoms with van der Waals surface area (Å²) in [5, 5.41) is 6.90. The number of rotatable bonds is 9. The Bertz CT molecular complexity index is 946. The van der Waals surface area contributed by atoms with Crippen molar-refractivity contribution in [2.24, 2.45) is 5.92 Å². The van der Waals surface area contributed by atoms with Crippen molar-refractivity contribution >= 4 is 5.91 Å². The van der Waals surface area contributed by atoms with Crippen molar-refractivity contribution in [3.63, 3.8) is 0 Å². The molecule has 2 N–H and O–H groups in total. The number of benzene rings is 2.